The lowest BCUT2D eigenvalue weighted by molar-refractivity contribution is -0.117. The fourth-order valence-corrected chi connectivity index (χ4v) is 2.94. The lowest BCUT2D eigenvalue weighted by Crippen LogP contribution is -2.30. The molecule has 1 aromatic rings. The molecule has 1 N–H and O–H groups in total. The van der Waals surface area contributed by atoms with Gasteiger partial charge < -0.3 is 14.8 Å². The van der Waals surface area contributed by atoms with E-state index in [4.69, 9.17) is 21.1 Å². The van der Waals surface area contributed by atoms with Crippen LogP contribution < -0.4 is 14.8 Å². The van der Waals surface area contributed by atoms with Crippen LogP contribution in [-0.2, 0) is 4.79 Å². The van der Waals surface area contributed by atoms with Crippen LogP contribution >= 0.6 is 11.6 Å². The Bertz CT molecular complexity index is 578. The maximum absolute atomic E-state index is 11.9. The molecule has 0 radical (unpaired) electrons. The van der Waals surface area contributed by atoms with Crippen molar-refractivity contribution in [2.45, 2.75) is 51.7 Å². The van der Waals surface area contributed by atoms with E-state index in [9.17, 15) is 4.79 Å². The highest BCUT2D eigenvalue weighted by atomic mass is 35.5. The summed E-state index contributed by atoms with van der Waals surface area (Å²) in [6.45, 7) is 3.86. The number of halogens is 1. The zero-order valence-electron chi connectivity index (χ0n) is 13.9. The number of hydrogen-bond acceptors (Lipinski definition) is 3. The third kappa shape index (κ3) is 5.17. The number of ether oxygens (including phenoxy) is 2. The SMILES string of the molecule is COc1cc(/C=C/C(=O)NC2CCCC2)cc(Cl)c1OC(C)C. The number of carbonyl (C=O) groups excluding carboxylic acids is 1. The van der Waals surface area contributed by atoms with E-state index >= 15 is 0 Å². The van der Waals surface area contributed by atoms with Crippen molar-refractivity contribution in [1.29, 1.82) is 0 Å². The fourth-order valence-electron chi connectivity index (χ4n) is 2.68. The molecule has 2 rings (SSSR count). The minimum absolute atomic E-state index is 0.0000171. The number of nitrogens with one attached hydrogen (secondary N) is 1. The van der Waals surface area contributed by atoms with Gasteiger partial charge in [-0.3, -0.25) is 4.79 Å². The molecule has 0 unspecified atom stereocenters. The topological polar surface area (TPSA) is 47.6 Å². The molecule has 1 aliphatic rings. The Hall–Kier alpha value is -1.68. The molecule has 0 heterocycles. The smallest absolute Gasteiger partial charge is 0.244 e. The van der Waals surface area contributed by atoms with Gasteiger partial charge in [-0.05, 0) is 50.5 Å². The maximum atomic E-state index is 11.9. The number of rotatable bonds is 6. The minimum Gasteiger partial charge on any atom is -0.493 e. The zero-order chi connectivity index (χ0) is 16.8. The molecule has 23 heavy (non-hydrogen) atoms. The first-order chi connectivity index (χ1) is 11.0. The molecule has 0 bridgehead atoms. The van der Waals surface area contributed by atoms with Gasteiger partial charge in [-0.2, -0.15) is 0 Å². The highest BCUT2D eigenvalue weighted by Crippen LogP contribution is 2.37. The number of benzene rings is 1. The second-order valence-electron chi connectivity index (χ2n) is 6.02. The third-order valence-corrected chi connectivity index (χ3v) is 4.01. The first-order valence-corrected chi connectivity index (χ1v) is 8.40. The molecule has 1 fully saturated rings. The van der Waals surface area contributed by atoms with Gasteiger partial charge in [0.15, 0.2) is 11.5 Å². The molecular weight excluding hydrogens is 314 g/mol. The summed E-state index contributed by atoms with van der Waals surface area (Å²) in [4.78, 5) is 11.9. The number of hydrogen-bond donors (Lipinski definition) is 1. The summed E-state index contributed by atoms with van der Waals surface area (Å²) in [5.74, 6) is 1.01. The summed E-state index contributed by atoms with van der Waals surface area (Å²) in [5, 5.41) is 3.48. The Morgan fingerprint density at radius 1 is 1.35 bits per heavy atom. The van der Waals surface area contributed by atoms with Crippen molar-refractivity contribution in [2.75, 3.05) is 7.11 Å². The molecule has 1 amide bonds. The first-order valence-electron chi connectivity index (χ1n) is 8.02. The summed E-state index contributed by atoms with van der Waals surface area (Å²) >= 11 is 6.27. The predicted octanol–water partition coefficient (Wildman–Crippen LogP) is 4.21. The standard InChI is InChI=1S/C18H24ClNO3/c1-12(2)23-18-15(19)10-13(11-16(18)22-3)8-9-17(21)20-14-6-4-5-7-14/h8-12,14H,4-7H2,1-3H3,(H,20,21)/b9-8+. The zero-order valence-corrected chi connectivity index (χ0v) is 14.7. The molecule has 4 nitrogen and oxygen atoms in total. The van der Waals surface area contributed by atoms with E-state index in [2.05, 4.69) is 5.32 Å². The molecule has 5 heteroatoms. The number of methoxy groups -OCH3 is 1. The quantitative estimate of drug-likeness (QED) is 0.791. The Labute approximate surface area is 142 Å². The maximum Gasteiger partial charge on any atom is 0.244 e. The van der Waals surface area contributed by atoms with Crippen LogP contribution in [0.25, 0.3) is 6.08 Å². The first kappa shape index (κ1) is 17.7. The van der Waals surface area contributed by atoms with Crippen LogP contribution in [0.2, 0.25) is 5.02 Å². The normalized spacial score (nSPS) is 15.3. The van der Waals surface area contributed by atoms with Crippen molar-refractivity contribution < 1.29 is 14.3 Å². The van der Waals surface area contributed by atoms with Crippen molar-refractivity contribution in [3.8, 4) is 11.5 Å². The number of amides is 1. The molecule has 0 aromatic heterocycles. The van der Waals surface area contributed by atoms with Gasteiger partial charge in [-0.15, -0.1) is 0 Å². The lowest BCUT2D eigenvalue weighted by Gasteiger charge is -2.15. The van der Waals surface area contributed by atoms with Crippen molar-refractivity contribution in [1.82, 2.24) is 5.32 Å². The summed E-state index contributed by atoms with van der Waals surface area (Å²) in [7, 11) is 1.57. The van der Waals surface area contributed by atoms with Crippen molar-refractivity contribution >= 4 is 23.6 Å². The highest BCUT2D eigenvalue weighted by molar-refractivity contribution is 6.32. The summed E-state index contributed by atoms with van der Waals surface area (Å²) in [5.41, 5.74) is 0.796. The molecule has 0 aliphatic heterocycles. The van der Waals surface area contributed by atoms with E-state index in [1.165, 1.54) is 18.9 Å². The van der Waals surface area contributed by atoms with Gasteiger partial charge in [-0.25, -0.2) is 0 Å². The molecular formula is C18H24ClNO3. The summed E-state index contributed by atoms with van der Waals surface area (Å²) < 4.78 is 11.0. The van der Waals surface area contributed by atoms with Crippen molar-refractivity contribution in [2.24, 2.45) is 0 Å². The highest BCUT2D eigenvalue weighted by Gasteiger charge is 2.16. The largest absolute Gasteiger partial charge is 0.493 e. The van der Waals surface area contributed by atoms with Crippen molar-refractivity contribution in [3.05, 3.63) is 28.8 Å². The Kier molecular flexibility index (Phi) is 6.34. The monoisotopic (exact) mass is 337 g/mol. The predicted molar refractivity (Wildman–Crippen MR) is 93.2 cm³/mol. The van der Waals surface area contributed by atoms with E-state index in [1.54, 1.807) is 19.3 Å². The van der Waals surface area contributed by atoms with E-state index in [-0.39, 0.29) is 12.0 Å². The van der Waals surface area contributed by atoms with Crippen LogP contribution in [-0.4, -0.2) is 25.2 Å². The average Bonchev–Trinajstić information content (AvgIpc) is 3.00. The summed E-state index contributed by atoms with van der Waals surface area (Å²) in [6.07, 6.45) is 7.79. The molecule has 126 valence electrons. The van der Waals surface area contributed by atoms with Gasteiger partial charge in [0.25, 0.3) is 0 Å². The fraction of sp³-hybridized carbons (Fsp3) is 0.500. The third-order valence-electron chi connectivity index (χ3n) is 3.73. The van der Waals surface area contributed by atoms with Crippen LogP contribution in [0.3, 0.4) is 0 Å². The van der Waals surface area contributed by atoms with Gasteiger partial charge in [0, 0.05) is 12.1 Å². The van der Waals surface area contributed by atoms with Gasteiger partial charge in [0.1, 0.15) is 0 Å². The minimum atomic E-state index is -0.0745. The number of carbonyl (C=O) groups is 1. The second kappa shape index (κ2) is 8.25. The van der Waals surface area contributed by atoms with Crippen LogP contribution in [0.4, 0.5) is 0 Å². The van der Waals surface area contributed by atoms with E-state index in [0.717, 1.165) is 18.4 Å². The van der Waals surface area contributed by atoms with E-state index in [0.29, 0.717) is 22.6 Å². The molecule has 1 aromatic carbocycles. The van der Waals surface area contributed by atoms with Gasteiger partial charge in [-0.1, -0.05) is 24.4 Å². The van der Waals surface area contributed by atoms with Crippen LogP contribution in [0.15, 0.2) is 18.2 Å². The molecule has 0 atom stereocenters. The van der Waals surface area contributed by atoms with Gasteiger partial charge in [0.2, 0.25) is 5.91 Å². The van der Waals surface area contributed by atoms with Gasteiger partial charge in [0.05, 0.1) is 18.2 Å². The van der Waals surface area contributed by atoms with Crippen LogP contribution in [0, 0.1) is 0 Å². The Morgan fingerprint density at radius 3 is 2.65 bits per heavy atom. The average molecular weight is 338 g/mol. The second-order valence-corrected chi connectivity index (χ2v) is 6.43. The van der Waals surface area contributed by atoms with Crippen LogP contribution in [0.5, 0.6) is 11.5 Å². The van der Waals surface area contributed by atoms with Gasteiger partial charge >= 0.3 is 0 Å². The molecule has 1 aliphatic carbocycles. The molecule has 1 saturated carbocycles. The summed E-state index contributed by atoms with van der Waals surface area (Å²) in [6, 6.07) is 3.89. The Morgan fingerprint density at radius 2 is 2.04 bits per heavy atom. The molecule has 0 saturated heterocycles. The van der Waals surface area contributed by atoms with E-state index in [1.807, 2.05) is 19.9 Å². The van der Waals surface area contributed by atoms with Crippen molar-refractivity contribution in [3.63, 3.8) is 0 Å². The van der Waals surface area contributed by atoms with E-state index < -0.39 is 0 Å². The molecule has 0 spiro atoms. The Balaban J connectivity index is 2.08. The lowest BCUT2D eigenvalue weighted by atomic mass is 10.1. The van der Waals surface area contributed by atoms with Crippen LogP contribution in [0.1, 0.15) is 45.1 Å².